The van der Waals surface area contributed by atoms with Crippen LogP contribution in [0.2, 0.25) is 0 Å². The van der Waals surface area contributed by atoms with Gasteiger partial charge in [-0.25, -0.2) is 18.5 Å². The van der Waals surface area contributed by atoms with Gasteiger partial charge in [-0.3, -0.25) is 14.2 Å². The molecule has 0 unspecified atom stereocenters. The molecule has 4 aromatic carbocycles. The van der Waals surface area contributed by atoms with Crippen molar-refractivity contribution < 1.29 is 13.2 Å². The van der Waals surface area contributed by atoms with Crippen molar-refractivity contribution in [2.24, 2.45) is 5.14 Å². The van der Waals surface area contributed by atoms with E-state index in [-0.39, 0.29) is 22.1 Å². The maximum Gasteiger partial charge on any atom is 0.266 e. The van der Waals surface area contributed by atoms with Crippen molar-refractivity contribution in [1.82, 2.24) is 9.55 Å². The molecule has 3 N–H and O–H groups in total. The van der Waals surface area contributed by atoms with E-state index in [0.717, 1.165) is 28.1 Å². The molecule has 0 aliphatic carbocycles. The Morgan fingerprint density at radius 2 is 1.62 bits per heavy atom. The van der Waals surface area contributed by atoms with Gasteiger partial charge in [0.2, 0.25) is 15.9 Å². The van der Waals surface area contributed by atoms with Gasteiger partial charge < -0.3 is 5.32 Å². The van der Waals surface area contributed by atoms with Crippen molar-refractivity contribution >= 4 is 55.1 Å². The average Bonchev–Trinajstić information content (AvgIpc) is 2.87. The van der Waals surface area contributed by atoms with Crippen molar-refractivity contribution in [2.75, 3.05) is 11.1 Å². The van der Waals surface area contributed by atoms with Crippen LogP contribution in [0.5, 0.6) is 0 Å². The molecule has 5 aromatic rings. The number of hydrogen-bond acceptors (Lipinski definition) is 6. The molecule has 0 fully saturated rings. The number of primary sulfonamides is 1. The Kier molecular flexibility index (Phi) is 6.55. The summed E-state index contributed by atoms with van der Waals surface area (Å²) in [6.45, 7) is 1.96. The van der Waals surface area contributed by atoms with Crippen LogP contribution in [0.1, 0.15) is 5.56 Å². The molecule has 0 bridgehead atoms. The number of aromatic nitrogens is 2. The number of nitrogens with one attached hydrogen (secondary N) is 1. The molecule has 0 atom stereocenters. The van der Waals surface area contributed by atoms with E-state index in [4.69, 9.17) is 10.1 Å². The SMILES string of the molecule is Cc1ccc(NC(=O)CSc2nc3cc4ccccc4cc3c(=O)n2-c2ccc(S(N)(=O)=O)cc2)cc1. The maximum atomic E-state index is 13.7. The molecule has 1 aromatic heterocycles. The Morgan fingerprint density at radius 3 is 2.27 bits per heavy atom. The fourth-order valence-electron chi connectivity index (χ4n) is 3.93. The summed E-state index contributed by atoms with van der Waals surface area (Å²) in [5.41, 5.74) is 2.33. The Morgan fingerprint density at radius 1 is 0.973 bits per heavy atom. The van der Waals surface area contributed by atoms with Crippen LogP contribution >= 0.6 is 11.8 Å². The van der Waals surface area contributed by atoms with Crippen molar-refractivity contribution in [3.63, 3.8) is 0 Å². The monoisotopic (exact) mass is 530 g/mol. The topological polar surface area (TPSA) is 124 Å². The Bertz CT molecular complexity index is 1810. The number of amides is 1. The van der Waals surface area contributed by atoms with Crippen LogP contribution in [0.3, 0.4) is 0 Å². The van der Waals surface area contributed by atoms with E-state index in [9.17, 15) is 18.0 Å². The van der Waals surface area contributed by atoms with Crippen molar-refractivity contribution in [1.29, 1.82) is 0 Å². The summed E-state index contributed by atoms with van der Waals surface area (Å²) in [5, 5.41) is 10.6. The second kappa shape index (κ2) is 9.81. The Labute approximate surface area is 217 Å². The van der Waals surface area contributed by atoms with Crippen molar-refractivity contribution in [2.45, 2.75) is 17.0 Å². The fraction of sp³-hybridized carbons (Fsp3) is 0.0741. The van der Waals surface area contributed by atoms with E-state index in [0.29, 0.717) is 27.4 Å². The quantitative estimate of drug-likeness (QED) is 0.192. The number of thioether (sulfide) groups is 1. The van der Waals surface area contributed by atoms with Crippen LogP contribution in [-0.4, -0.2) is 29.6 Å². The first-order valence-electron chi connectivity index (χ1n) is 11.3. The number of fused-ring (bicyclic) bond motifs is 2. The zero-order chi connectivity index (χ0) is 26.2. The number of rotatable bonds is 6. The molecule has 1 heterocycles. The smallest absolute Gasteiger partial charge is 0.266 e. The first-order chi connectivity index (χ1) is 17.7. The second-order valence-corrected chi connectivity index (χ2v) is 11.0. The number of hydrogen-bond donors (Lipinski definition) is 2. The van der Waals surface area contributed by atoms with Crippen LogP contribution in [0.25, 0.3) is 27.4 Å². The van der Waals surface area contributed by atoms with Crippen LogP contribution in [0.4, 0.5) is 5.69 Å². The van der Waals surface area contributed by atoms with Crippen LogP contribution in [0.15, 0.2) is 99.8 Å². The predicted molar refractivity (Wildman–Crippen MR) is 147 cm³/mol. The second-order valence-electron chi connectivity index (χ2n) is 8.49. The molecule has 10 heteroatoms. The molecule has 0 aliphatic rings. The molecule has 0 radical (unpaired) electrons. The standard InChI is InChI=1S/C27H22N4O4S2/c1-17-6-8-20(9-7-17)29-25(32)16-36-27-30-24-15-19-5-3-2-4-18(19)14-23(24)26(33)31(27)21-10-12-22(13-11-21)37(28,34)35/h2-15H,16H2,1H3,(H,29,32)(H2,28,34,35). The summed E-state index contributed by atoms with van der Waals surface area (Å²) in [5.74, 6) is -0.243. The summed E-state index contributed by atoms with van der Waals surface area (Å²) < 4.78 is 24.8. The first kappa shape index (κ1) is 24.7. The van der Waals surface area contributed by atoms with E-state index in [1.54, 1.807) is 6.07 Å². The number of sulfonamides is 1. The van der Waals surface area contributed by atoms with Gasteiger partial charge in [0.05, 0.1) is 27.2 Å². The molecular formula is C27H22N4O4S2. The summed E-state index contributed by atoms with van der Waals surface area (Å²) in [7, 11) is -3.90. The zero-order valence-electron chi connectivity index (χ0n) is 19.7. The molecule has 186 valence electrons. The third kappa shape index (κ3) is 5.26. The van der Waals surface area contributed by atoms with Crippen LogP contribution in [0, 0.1) is 6.92 Å². The van der Waals surface area contributed by atoms with Gasteiger partial charge in [0.1, 0.15) is 0 Å². The lowest BCUT2D eigenvalue weighted by Crippen LogP contribution is -2.23. The molecular weight excluding hydrogens is 508 g/mol. The van der Waals surface area contributed by atoms with E-state index in [1.165, 1.54) is 28.8 Å². The van der Waals surface area contributed by atoms with Crippen LogP contribution < -0.4 is 16.0 Å². The molecule has 0 spiro atoms. The van der Waals surface area contributed by atoms with Gasteiger partial charge >= 0.3 is 0 Å². The minimum Gasteiger partial charge on any atom is -0.325 e. The minimum atomic E-state index is -3.90. The third-order valence-electron chi connectivity index (χ3n) is 5.80. The van der Waals surface area contributed by atoms with Crippen molar-refractivity contribution in [3.05, 3.63) is 101 Å². The third-order valence-corrected chi connectivity index (χ3v) is 7.66. The zero-order valence-corrected chi connectivity index (χ0v) is 21.3. The highest BCUT2D eigenvalue weighted by atomic mass is 32.2. The summed E-state index contributed by atoms with van der Waals surface area (Å²) in [4.78, 5) is 31.0. The molecule has 0 saturated carbocycles. The number of aryl methyl sites for hydroxylation is 1. The van der Waals surface area contributed by atoms with Gasteiger partial charge in [0, 0.05) is 5.69 Å². The highest BCUT2D eigenvalue weighted by Gasteiger charge is 2.17. The number of anilines is 1. The largest absolute Gasteiger partial charge is 0.325 e. The van der Waals surface area contributed by atoms with Gasteiger partial charge in [-0.1, -0.05) is 53.7 Å². The highest BCUT2D eigenvalue weighted by Crippen LogP contribution is 2.25. The molecule has 8 nitrogen and oxygen atoms in total. The van der Waals surface area contributed by atoms with E-state index in [2.05, 4.69) is 5.32 Å². The van der Waals surface area contributed by atoms with E-state index < -0.39 is 10.0 Å². The number of carbonyl (C=O) groups is 1. The molecule has 0 saturated heterocycles. The van der Waals surface area contributed by atoms with Crippen molar-refractivity contribution in [3.8, 4) is 5.69 Å². The lowest BCUT2D eigenvalue weighted by molar-refractivity contribution is -0.113. The summed E-state index contributed by atoms with van der Waals surface area (Å²) in [6.07, 6.45) is 0. The lowest BCUT2D eigenvalue weighted by atomic mass is 10.1. The van der Waals surface area contributed by atoms with E-state index >= 15 is 0 Å². The molecule has 37 heavy (non-hydrogen) atoms. The number of nitrogens with two attached hydrogens (primary N) is 1. The fourth-order valence-corrected chi connectivity index (χ4v) is 5.25. The van der Waals surface area contributed by atoms with Gasteiger partial charge in [-0.05, 0) is 66.2 Å². The summed E-state index contributed by atoms with van der Waals surface area (Å²) >= 11 is 1.11. The van der Waals surface area contributed by atoms with Gasteiger partial charge in [0.15, 0.2) is 5.16 Å². The Hall–Kier alpha value is -3.99. The molecule has 0 aliphatic heterocycles. The lowest BCUT2D eigenvalue weighted by Gasteiger charge is -2.14. The number of nitrogens with zero attached hydrogens (tertiary/aromatic N) is 2. The van der Waals surface area contributed by atoms with Gasteiger partial charge in [-0.15, -0.1) is 0 Å². The molecule has 5 rings (SSSR count). The average molecular weight is 531 g/mol. The van der Waals surface area contributed by atoms with E-state index in [1.807, 2.05) is 61.5 Å². The van der Waals surface area contributed by atoms with Gasteiger partial charge in [-0.2, -0.15) is 0 Å². The van der Waals surface area contributed by atoms with Gasteiger partial charge in [0.25, 0.3) is 5.56 Å². The maximum absolute atomic E-state index is 13.7. The molecule has 1 amide bonds. The first-order valence-corrected chi connectivity index (χ1v) is 13.8. The minimum absolute atomic E-state index is 0.00860. The predicted octanol–water partition coefficient (Wildman–Crippen LogP) is 4.23. The number of benzene rings is 4. The summed E-state index contributed by atoms with van der Waals surface area (Å²) in [6, 6.07) is 24.4. The van der Waals surface area contributed by atoms with Crippen LogP contribution in [-0.2, 0) is 14.8 Å². The highest BCUT2D eigenvalue weighted by molar-refractivity contribution is 7.99. The normalized spacial score (nSPS) is 11.6. The number of carbonyl (C=O) groups excluding carboxylic acids is 1. The Balaban J connectivity index is 1.57.